The predicted molar refractivity (Wildman–Crippen MR) is 146 cm³/mol. The van der Waals surface area contributed by atoms with E-state index in [9.17, 15) is 14.9 Å². The molecular weight excluding hydrogens is 662 g/mol. The number of esters is 1. The summed E-state index contributed by atoms with van der Waals surface area (Å²) >= 11 is 4.41. The molecule has 0 atom stereocenters. The molecule has 1 aliphatic heterocycles. The summed E-state index contributed by atoms with van der Waals surface area (Å²) in [4.78, 5) is 27.4. The van der Waals surface area contributed by atoms with E-state index < -0.39 is 10.9 Å². The first kappa shape index (κ1) is 24.3. The molecular formula is C25H18I2N2O5. The average Bonchev–Trinajstić information content (AvgIpc) is 3.14. The summed E-state index contributed by atoms with van der Waals surface area (Å²) in [5, 5.41) is 11.2. The molecule has 3 aromatic carbocycles. The molecule has 7 nitrogen and oxygen atoms in total. The number of nitrogens with zero attached hydrogens (tertiary/aromatic N) is 2. The molecule has 1 heterocycles. The zero-order valence-corrected chi connectivity index (χ0v) is 22.5. The molecule has 0 saturated carbocycles. The largest absolute Gasteiger partial charge is 0.487 e. The van der Waals surface area contributed by atoms with E-state index in [4.69, 9.17) is 9.47 Å². The number of nitro benzene ring substituents is 1. The number of ether oxygens (including phenoxy) is 2. The third kappa shape index (κ3) is 5.30. The smallest absolute Gasteiger partial charge is 0.363 e. The highest BCUT2D eigenvalue weighted by Gasteiger charge is 2.26. The van der Waals surface area contributed by atoms with E-state index in [0.717, 1.165) is 24.0 Å². The quantitative estimate of drug-likeness (QED) is 0.0997. The van der Waals surface area contributed by atoms with E-state index in [2.05, 4.69) is 50.2 Å². The number of carbonyl (C=O) groups is 1. The first-order valence-electron chi connectivity index (χ1n) is 10.2. The van der Waals surface area contributed by atoms with Gasteiger partial charge in [0, 0.05) is 17.2 Å². The number of halogens is 2. The van der Waals surface area contributed by atoms with Crippen LogP contribution in [0.1, 0.15) is 27.8 Å². The van der Waals surface area contributed by atoms with Crippen LogP contribution < -0.4 is 4.74 Å². The SMILES string of the molecule is Cc1ccccc1COc1c(I)cc(/C=C2\N=C(c3ccc(C)c([N+](=O)[O-])c3)OC2=O)cc1I. The third-order valence-electron chi connectivity index (χ3n) is 5.23. The second-order valence-corrected chi connectivity index (χ2v) is 9.95. The highest BCUT2D eigenvalue weighted by molar-refractivity contribution is 14.1. The number of hydrogen-bond donors (Lipinski definition) is 0. The van der Waals surface area contributed by atoms with Gasteiger partial charge in [-0.2, -0.15) is 0 Å². The van der Waals surface area contributed by atoms with Crippen LogP contribution in [0.5, 0.6) is 5.75 Å². The van der Waals surface area contributed by atoms with Gasteiger partial charge in [0.1, 0.15) is 12.4 Å². The van der Waals surface area contributed by atoms with Crippen LogP contribution in [0.3, 0.4) is 0 Å². The molecule has 172 valence electrons. The molecule has 0 spiro atoms. The van der Waals surface area contributed by atoms with E-state index in [1.807, 2.05) is 43.3 Å². The number of cyclic esters (lactones) is 1. The maximum atomic E-state index is 12.4. The normalized spacial score (nSPS) is 14.2. The summed E-state index contributed by atoms with van der Waals surface area (Å²) < 4.78 is 13.2. The maximum absolute atomic E-state index is 12.4. The number of hydrogen-bond acceptors (Lipinski definition) is 6. The highest BCUT2D eigenvalue weighted by Crippen LogP contribution is 2.31. The fraction of sp³-hybridized carbons (Fsp3) is 0.120. The number of aliphatic imine (C=N–C) groups is 1. The lowest BCUT2D eigenvalue weighted by atomic mass is 10.1. The maximum Gasteiger partial charge on any atom is 0.363 e. The highest BCUT2D eigenvalue weighted by atomic mass is 127. The van der Waals surface area contributed by atoms with Crippen molar-refractivity contribution in [1.82, 2.24) is 0 Å². The molecule has 4 rings (SSSR count). The molecule has 1 aliphatic rings. The first-order valence-corrected chi connectivity index (χ1v) is 12.3. The molecule has 0 N–H and O–H groups in total. The zero-order valence-electron chi connectivity index (χ0n) is 18.2. The van der Waals surface area contributed by atoms with E-state index in [1.165, 1.54) is 11.6 Å². The lowest BCUT2D eigenvalue weighted by molar-refractivity contribution is -0.385. The third-order valence-corrected chi connectivity index (χ3v) is 6.83. The van der Waals surface area contributed by atoms with Crippen LogP contribution in [-0.2, 0) is 16.1 Å². The van der Waals surface area contributed by atoms with Gasteiger partial charge in [-0.15, -0.1) is 0 Å². The molecule has 0 radical (unpaired) electrons. The van der Waals surface area contributed by atoms with E-state index in [1.54, 1.807) is 25.1 Å². The van der Waals surface area contributed by atoms with Crippen molar-refractivity contribution in [3.05, 3.63) is 105 Å². The van der Waals surface area contributed by atoms with Gasteiger partial charge in [-0.3, -0.25) is 10.1 Å². The van der Waals surface area contributed by atoms with Crippen molar-refractivity contribution in [2.45, 2.75) is 20.5 Å². The first-order chi connectivity index (χ1) is 16.2. The second kappa shape index (κ2) is 10.2. The van der Waals surface area contributed by atoms with Crippen LogP contribution >= 0.6 is 45.2 Å². The standard InChI is InChI=1S/C25H18I2N2O5/c1-14-5-3-4-6-18(14)13-33-23-19(26)9-16(10-20(23)27)11-21-25(30)34-24(28-21)17-8-7-15(2)22(12-17)29(31)32/h3-12H,13H2,1-2H3/b21-11-. The molecule has 0 aromatic heterocycles. The molecule has 9 heteroatoms. The van der Waals surface area contributed by atoms with Gasteiger partial charge in [0.25, 0.3) is 5.69 Å². The molecule has 34 heavy (non-hydrogen) atoms. The summed E-state index contributed by atoms with van der Waals surface area (Å²) in [5.41, 5.74) is 4.01. The van der Waals surface area contributed by atoms with Crippen LogP contribution in [0.4, 0.5) is 5.69 Å². The number of carbonyl (C=O) groups excluding carboxylic acids is 1. The van der Waals surface area contributed by atoms with Gasteiger partial charge in [-0.1, -0.05) is 30.3 Å². The molecule has 0 saturated heterocycles. The van der Waals surface area contributed by atoms with Crippen molar-refractivity contribution in [2.24, 2.45) is 4.99 Å². The number of aryl methyl sites for hydroxylation is 2. The Morgan fingerprint density at radius 3 is 2.44 bits per heavy atom. The van der Waals surface area contributed by atoms with E-state index in [0.29, 0.717) is 17.7 Å². The van der Waals surface area contributed by atoms with Gasteiger partial charge >= 0.3 is 5.97 Å². The Bertz CT molecular complexity index is 1360. The minimum atomic E-state index is -0.608. The fourth-order valence-corrected chi connectivity index (χ4v) is 5.48. The topological polar surface area (TPSA) is 91.0 Å². The Kier molecular flexibility index (Phi) is 7.31. The van der Waals surface area contributed by atoms with Crippen molar-refractivity contribution in [1.29, 1.82) is 0 Å². The summed E-state index contributed by atoms with van der Waals surface area (Å²) in [6.07, 6.45) is 1.63. The number of rotatable bonds is 6. The van der Waals surface area contributed by atoms with Crippen molar-refractivity contribution in [3.8, 4) is 5.75 Å². The monoisotopic (exact) mass is 680 g/mol. The minimum Gasteiger partial charge on any atom is -0.487 e. The van der Waals surface area contributed by atoms with Crippen molar-refractivity contribution in [3.63, 3.8) is 0 Å². The average molecular weight is 680 g/mol. The lowest BCUT2D eigenvalue weighted by Crippen LogP contribution is -2.06. The van der Waals surface area contributed by atoms with Crippen LogP contribution in [0.15, 0.2) is 65.3 Å². The van der Waals surface area contributed by atoms with Crippen LogP contribution in [0.25, 0.3) is 6.08 Å². The second-order valence-electron chi connectivity index (χ2n) is 7.62. The molecule has 0 unspecified atom stereocenters. The van der Waals surface area contributed by atoms with Gasteiger partial charge in [0.2, 0.25) is 5.90 Å². The van der Waals surface area contributed by atoms with Gasteiger partial charge in [-0.25, -0.2) is 9.79 Å². The Balaban J connectivity index is 1.58. The van der Waals surface area contributed by atoms with Crippen molar-refractivity contribution >= 4 is 68.8 Å². The molecule has 0 bridgehead atoms. The lowest BCUT2D eigenvalue weighted by Gasteiger charge is -2.13. The van der Waals surface area contributed by atoms with Crippen LogP contribution in [0, 0.1) is 31.1 Å². The molecule has 0 aliphatic carbocycles. The summed E-state index contributed by atoms with van der Waals surface area (Å²) in [7, 11) is 0. The molecule has 3 aromatic rings. The predicted octanol–water partition coefficient (Wildman–Crippen LogP) is 6.34. The number of benzene rings is 3. The van der Waals surface area contributed by atoms with Gasteiger partial charge in [0.15, 0.2) is 5.70 Å². The van der Waals surface area contributed by atoms with Gasteiger partial charge in [0.05, 0.1) is 12.1 Å². The van der Waals surface area contributed by atoms with Crippen molar-refractivity contribution < 1.29 is 19.2 Å². The van der Waals surface area contributed by atoms with E-state index in [-0.39, 0.29) is 17.3 Å². The summed E-state index contributed by atoms with van der Waals surface area (Å²) in [5.74, 6) is 0.210. The fourth-order valence-electron chi connectivity index (χ4n) is 3.35. The Hall–Kier alpha value is -2.80. The molecule has 0 fully saturated rings. The zero-order chi connectivity index (χ0) is 24.4. The minimum absolute atomic E-state index is 0.0435. The van der Waals surface area contributed by atoms with E-state index >= 15 is 0 Å². The Morgan fingerprint density at radius 1 is 1.06 bits per heavy atom. The van der Waals surface area contributed by atoms with Crippen LogP contribution in [0.2, 0.25) is 0 Å². The Labute approximate surface area is 223 Å². The van der Waals surface area contributed by atoms with Gasteiger partial charge in [-0.05, 0) is 100.0 Å². The van der Waals surface area contributed by atoms with Crippen molar-refractivity contribution in [2.75, 3.05) is 0 Å². The van der Waals surface area contributed by atoms with Gasteiger partial charge < -0.3 is 9.47 Å². The number of nitro groups is 1. The van der Waals surface area contributed by atoms with Crippen LogP contribution in [-0.4, -0.2) is 16.8 Å². The Morgan fingerprint density at radius 2 is 1.76 bits per heavy atom. The molecule has 0 amide bonds. The summed E-state index contributed by atoms with van der Waals surface area (Å²) in [6.45, 7) is 4.16. The summed E-state index contributed by atoms with van der Waals surface area (Å²) in [6, 6.07) is 16.5.